The zero-order valence-corrected chi connectivity index (χ0v) is 6.78. The van der Waals surface area contributed by atoms with Gasteiger partial charge in [-0.05, 0) is 13.0 Å². The van der Waals surface area contributed by atoms with Crippen molar-refractivity contribution in [3.63, 3.8) is 0 Å². The third-order valence-electron chi connectivity index (χ3n) is 1.55. The molecule has 0 aliphatic rings. The average Bonchev–Trinajstić information content (AvgIpc) is 2.03. The van der Waals surface area contributed by atoms with E-state index >= 15 is 0 Å². The lowest BCUT2D eigenvalue weighted by Gasteiger charge is -1.97. The molecule has 13 heavy (non-hydrogen) atoms. The van der Waals surface area contributed by atoms with Gasteiger partial charge in [0.2, 0.25) is 5.82 Å². The summed E-state index contributed by atoms with van der Waals surface area (Å²) in [4.78, 5) is 20.2. The quantitative estimate of drug-likeness (QED) is 0.400. The zero-order chi connectivity index (χ0) is 10.0. The molecule has 0 heterocycles. The molecule has 0 atom stereocenters. The summed E-state index contributed by atoms with van der Waals surface area (Å²) in [5.74, 6) is -1.60. The smallest absolute Gasteiger partial charge is 0.294 e. The molecule has 0 aliphatic heterocycles. The van der Waals surface area contributed by atoms with Gasteiger partial charge in [-0.1, -0.05) is 6.07 Å². The van der Waals surface area contributed by atoms with Crippen molar-refractivity contribution in [2.45, 2.75) is 6.92 Å². The van der Waals surface area contributed by atoms with Crippen molar-refractivity contribution < 1.29 is 14.1 Å². The van der Waals surface area contributed by atoms with E-state index in [-0.39, 0.29) is 5.56 Å². The van der Waals surface area contributed by atoms with Crippen LogP contribution in [0.15, 0.2) is 18.2 Å². The third kappa shape index (κ3) is 1.69. The van der Waals surface area contributed by atoms with Crippen LogP contribution in [0, 0.1) is 15.9 Å². The zero-order valence-electron chi connectivity index (χ0n) is 6.78. The van der Waals surface area contributed by atoms with Crippen LogP contribution in [0.1, 0.15) is 17.3 Å². The molecule has 0 unspecified atom stereocenters. The van der Waals surface area contributed by atoms with Crippen LogP contribution in [0.5, 0.6) is 0 Å². The second-order valence-corrected chi connectivity index (χ2v) is 2.45. The van der Waals surface area contributed by atoms with E-state index in [4.69, 9.17) is 0 Å². The normalized spacial score (nSPS) is 9.69. The fourth-order valence-corrected chi connectivity index (χ4v) is 0.933. The van der Waals surface area contributed by atoms with Crippen molar-refractivity contribution in [3.05, 3.63) is 39.7 Å². The van der Waals surface area contributed by atoms with Gasteiger partial charge in [0.15, 0.2) is 5.78 Å². The van der Waals surface area contributed by atoms with Crippen LogP contribution in [0.3, 0.4) is 0 Å². The highest BCUT2D eigenvalue weighted by atomic mass is 19.1. The molecule has 0 bridgehead atoms. The maximum atomic E-state index is 13.1. The van der Waals surface area contributed by atoms with Gasteiger partial charge in [-0.2, -0.15) is 4.39 Å². The van der Waals surface area contributed by atoms with Crippen molar-refractivity contribution in [1.82, 2.24) is 0 Å². The van der Waals surface area contributed by atoms with E-state index in [9.17, 15) is 19.3 Å². The Labute approximate surface area is 73.1 Å². The first kappa shape index (κ1) is 9.31. The molecule has 0 amide bonds. The number of nitrogens with zero attached hydrogens (tertiary/aromatic N) is 1. The highest BCUT2D eigenvalue weighted by Gasteiger charge is 2.18. The van der Waals surface area contributed by atoms with Crippen LogP contribution in [0.2, 0.25) is 0 Å². The Kier molecular flexibility index (Phi) is 2.36. The molecule has 0 aromatic heterocycles. The van der Waals surface area contributed by atoms with Gasteiger partial charge in [0.1, 0.15) is 0 Å². The third-order valence-corrected chi connectivity index (χ3v) is 1.55. The molecule has 0 aliphatic carbocycles. The summed E-state index contributed by atoms with van der Waals surface area (Å²) in [5, 5.41) is 10.3. The van der Waals surface area contributed by atoms with Crippen molar-refractivity contribution in [3.8, 4) is 0 Å². The van der Waals surface area contributed by atoms with E-state index < -0.39 is 22.2 Å². The number of carbonyl (C=O) groups is 1. The van der Waals surface area contributed by atoms with Crippen LogP contribution in [0.25, 0.3) is 0 Å². The molecule has 4 nitrogen and oxygen atoms in total. The van der Waals surface area contributed by atoms with E-state index in [1.165, 1.54) is 12.1 Å². The number of nitro groups is 1. The topological polar surface area (TPSA) is 60.2 Å². The Morgan fingerprint density at radius 3 is 2.62 bits per heavy atom. The van der Waals surface area contributed by atoms with Crippen LogP contribution < -0.4 is 0 Å². The summed E-state index contributed by atoms with van der Waals surface area (Å²) in [6.45, 7) is 1.15. The Morgan fingerprint density at radius 1 is 1.54 bits per heavy atom. The molecule has 0 radical (unpaired) electrons. The molecule has 0 N–H and O–H groups in total. The second kappa shape index (κ2) is 3.30. The molecule has 68 valence electrons. The summed E-state index contributed by atoms with van der Waals surface area (Å²) in [5.41, 5.74) is -0.929. The second-order valence-electron chi connectivity index (χ2n) is 2.45. The van der Waals surface area contributed by atoms with Gasteiger partial charge in [-0.3, -0.25) is 14.9 Å². The number of nitro benzene ring substituents is 1. The number of hydrogen-bond acceptors (Lipinski definition) is 3. The number of halogens is 1. The van der Waals surface area contributed by atoms with Gasteiger partial charge in [0, 0.05) is 6.07 Å². The number of Topliss-reactive ketones (excluding diaryl/α,β-unsaturated/α-hetero) is 1. The number of benzene rings is 1. The predicted octanol–water partition coefficient (Wildman–Crippen LogP) is 1.94. The maximum absolute atomic E-state index is 13.1. The minimum absolute atomic E-state index is 0.255. The summed E-state index contributed by atoms with van der Waals surface area (Å²) in [7, 11) is 0. The minimum atomic E-state index is -1.07. The van der Waals surface area contributed by atoms with Crippen LogP contribution >= 0.6 is 0 Å². The lowest BCUT2D eigenvalue weighted by molar-refractivity contribution is -0.387. The van der Waals surface area contributed by atoms with Gasteiger partial charge < -0.3 is 0 Å². The highest BCUT2D eigenvalue weighted by Crippen LogP contribution is 2.20. The van der Waals surface area contributed by atoms with Gasteiger partial charge in [-0.25, -0.2) is 0 Å². The Bertz CT molecular complexity index is 343. The number of hydrogen-bond donors (Lipinski definition) is 0. The molecule has 0 fully saturated rings. The van der Waals surface area contributed by atoms with Crippen molar-refractivity contribution >= 4 is 11.5 Å². The monoisotopic (exact) mass is 183 g/mol. The fourth-order valence-electron chi connectivity index (χ4n) is 0.933. The molecule has 1 aromatic carbocycles. The number of ketones is 1. The lowest BCUT2D eigenvalue weighted by atomic mass is 10.1. The molecule has 0 saturated heterocycles. The molecule has 0 spiro atoms. The van der Waals surface area contributed by atoms with Gasteiger partial charge >= 0.3 is 5.69 Å². The van der Waals surface area contributed by atoms with Crippen molar-refractivity contribution in [1.29, 1.82) is 0 Å². The molecular formula is C8H6FNO3. The molecular weight excluding hydrogens is 177 g/mol. The first-order valence-electron chi connectivity index (χ1n) is 3.48. The Balaban J connectivity index is 3.35. The van der Waals surface area contributed by atoms with Gasteiger partial charge in [0.25, 0.3) is 0 Å². The molecule has 5 heteroatoms. The van der Waals surface area contributed by atoms with Crippen LogP contribution in [0.4, 0.5) is 10.1 Å². The summed E-state index contributed by atoms with van der Waals surface area (Å²) < 4.78 is 13.1. The van der Waals surface area contributed by atoms with Gasteiger partial charge in [-0.15, -0.1) is 0 Å². The Morgan fingerprint density at radius 2 is 2.15 bits per heavy atom. The molecule has 1 aromatic rings. The van der Waals surface area contributed by atoms with E-state index in [1.54, 1.807) is 0 Å². The minimum Gasteiger partial charge on any atom is -0.294 e. The van der Waals surface area contributed by atoms with E-state index in [1.807, 2.05) is 0 Å². The predicted molar refractivity (Wildman–Crippen MR) is 43.1 cm³/mol. The number of carbonyl (C=O) groups excluding carboxylic acids is 1. The lowest BCUT2D eigenvalue weighted by Crippen LogP contribution is -2.00. The van der Waals surface area contributed by atoms with E-state index in [0.717, 1.165) is 13.0 Å². The van der Waals surface area contributed by atoms with Gasteiger partial charge in [0.05, 0.1) is 10.5 Å². The standard InChI is InChI=1S/C8H6FNO3/c1-5(11)6-3-2-4-7(8(6)9)10(12)13/h2-4H,1H3. The summed E-state index contributed by atoms with van der Waals surface area (Å²) >= 11 is 0. The van der Waals surface area contributed by atoms with Crippen molar-refractivity contribution in [2.75, 3.05) is 0 Å². The SMILES string of the molecule is CC(=O)c1cccc([N+](=O)[O-])c1F. The summed E-state index contributed by atoms with van der Waals surface area (Å²) in [6.07, 6.45) is 0. The van der Waals surface area contributed by atoms with Crippen LogP contribution in [-0.4, -0.2) is 10.7 Å². The average molecular weight is 183 g/mol. The fraction of sp³-hybridized carbons (Fsp3) is 0.125. The number of rotatable bonds is 2. The highest BCUT2D eigenvalue weighted by molar-refractivity contribution is 5.94. The maximum Gasteiger partial charge on any atom is 0.305 e. The summed E-state index contributed by atoms with van der Waals surface area (Å²) in [6, 6.07) is 3.50. The first-order valence-corrected chi connectivity index (χ1v) is 3.48. The van der Waals surface area contributed by atoms with E-state index in [2.05, 4.69) is 0 Å². The van der Waals surface area contributed by atoms with Crippen molar-refractivity contribution in [2.24, 2.45) is 0 Å². The Hall–Kier alpha value is -1.78. The van der Waals surface area contributed by atoms with Crippen LogP contribution in [-0.2, 0) is 0 Å². The first-order chi connectivity index (χ1) is 6.04. The molecule has 1 rings (SSSR count). The largest absolute Gasteiger partial charge is 0.305 e. The molecule has 0 saturated carbocycles. The van der Waals surface area contributed by atoms with E-state index in [0.29, 0.717) is 0 Å².